The van der Waals surface area contributed by atoms with E-state index < -0.39 is 40.5 Å². The van der Waals surface area contributed by atoms with Crippen molar-refractivity contribution < 1.29 is 32.0 Å². The number of aryl methyl sites for hydroxylation is 2. The molecule has 1 fully saturated rings. The molecule has 2 aliphatic rings. The van der Waals surface area contributed by atoms with E-state index in [-0.39, 0.29) is 12.1 Å². The van der Waals surface area contributed by atoms with Crippen molar-refractivity contribution in [1.29, 1.82) is 0 Å². The Labute approximate surface area is 235 Å². The van der Waals surface area contributed by atoms with Gasteiger partial charge in [0.25, 0.3) is 0 Å². The largest absolute Gasteiger partial charge is 0.481 e. The van der Waals surface area contributed by atoms with E-state index >= 15 is 0 Å². The number of hydrogen-bond acceptors (Lipinski definition) is 6. The second kappa shape index (κ2) is 9.91. The molecule has 1 aromatic carbocycles. The highest BCUT2D eigenvalue weighted by molar-refractivity contribution is 7.82. The number of hydrogen-bond donors (Lipinski definition) is 1. The molecule has 13 heteroatoms. The highest BCUT2D eigenvalue weighted by atomic mass is 32.2. The van der Waals surface area contributed by atoms with Crippen molar-refractivity contribution in [1.82, 2.24) is 23.9 Å². The van der Waals surface area contributed by atoms with Crippen LogP contribution < -0.4 is 4.74 Å². The molecule has 41 heavy (non-hydrogen) atoms. The lowest BCUT2D eigenvalue weighted by Crippen LogP contribution is -2.35. The van der Waals surface area contributed by atoms with Gasteiger partial charge in [-0.2, -0.15) is 13.2 Å². The van der Waals surface area contributed by atoms with Crippen LogP contribution in [0.25, 0.3) is 5.65 Å². The van der Waals surface area contributed by atoms with Crippen LogP contribution in [0.3, 0.4) is 0 Å². The van der Waals surface area contributed by atoms with Crippen molar-refractivity contribution in [3.63, 3.8) is 0 Å². The maximum atomic E-state index is 13.6. The molecule has 6 rings (SSSR count). The van der Waals surface area contributed by atoms with Crippen LogP contribution in [-0.4, -0.2) is 51.3 Å². The molecule has 0 bridgehead atoms. The number of aliphatic carboxylic acids is 1. The number of nitrogens with zero attached hydrogens (tertiary/aromatic N) is 5. The fourth-order valence-electron chi connectivity index (χ4n) is 5.37. The third-order valence-corrected chi connectivity index (χ3v) is 9.16. The topological polar surface area (TPSA) is 110 Å². The zero-order valence-electron chi connectivity index (χ0n) is 22.2. The van der Waals surface area contributed by atoms with E-state index in [1.54, 1.807) is 25.3 Å². The summed E-state index contributed by atoms with van der Waals surface area (Å²) in [6.07, 6.45) is -0.473. The van der Waals surface area contributed by atoms with Crippen LogP contribution in [-0.2, 0) is 28.5 Å². The standard InChI is InChI=1S/C28H26F3N5O4S/c1-16-5-6-18(12-19(16)14-35-15-27(8-9-27)40-25-22(41(35)39)4-3-10-32-25)21(13-23(37)38)20-7-11-36-24(17(20)2)33-34-26(36)28(29,30)31/h3-7,10-12,21H,8-9,13-15H2,1-2H3,(H,37,38)/t21-,41?/m0/s1. The lowest BCUT2D eigenvalue weighted by Gasteiger charge is -2.24. The molecule has 0 radical (unpaired) electrons. The molecule has 0 amide bonds. The number of rotatable bonds is 6. The van der Waals surface area contributed by atoms with Gasteiger partial charge in [-0.15, -0.1) is 10.2 Å². The molecule has 1 aliphatic carbocycles. The van der Waals surface area contributed by atoms with E-state index in [9.17, 15) is 27.3 Å². The van der Waals surface area contributed by atoms with Crippen molar-refractivity contribution in [2.45, 2.75) is 62.2 Å². The predicted octanol–water partition coefficient (Wildman–Crippen LogP) is 4.82. The molecule has 1 aliphatic heterocycles. The first-order valence-corrected chi connectivity index (χ1v) is 14.1. The van der Waals surface area contributed by atoms with Gasteiger partial charge in [0.05, 0.1) is 13.0 Å². The first-order chi connectivity index (χ1) is 19.5. The molecule has 214 valence electrons. The van der Waals surface area contributed by atoms with Crippen LogP contribution in [0.2, 0.25) is 0 Å². The number of carbonyl (C=O) groups is 1. The molecular weight excluding hydrogens is 559 g/mol. The summed E-state index contributed by atoms with van der Waals surface area (Å²) >= 11 is 0. The Bertz CT molecular complexity index is 1700. The summed E-state index contributed by atoms with van der Waals surface area (Å²) in [6, 6.07) is 10.6. The minimum Gasteiger partial charge on any atom is -0.481 e. The number of carboxylic acid groups (broad SMARTS) is 1. The van der Waals surface area contributed by atoms with Gasteiger partial charge in [-0.05, 0) is 72.7 Å². The molecule has 1 unspecified atom stereocenters. The molecule has 1 saturated carbocycles. The highest BCUT2D eigenvalue weighted by Crippen LogP contribution is 2.45. The second-order valence-corrected chi connectivity index (χ2v) is 12.0. The molecule has 0 saturated heterocycles. The molecular formula is C28H26F3N5O4S. The number of carboxylic acids is 1. The monoisotopic (exact) mass is 585 g/mol. The van der Waals surface area contributed by atoms with Crippen molar-refractivity contribution >= 4 is 22.6 Å². The summed E-state index contributed by atoms with van der Waals surface area (Å²) in [5, 5.41) is 16.9. The number of benzene rings is 1. The summed E-state index contributed by atoms with van der Waals surface area (Å²) in [6.45, 7) is 4.31. The van der Waals surface area contributed by atoms with Crippen LogP contribution in [0, 0.1) is 13.8 Å². The van der Waals surface area contributed by atoms with Crippen LogP contribution in [0.4, 0.5) is 13.2 Å². The summed E-state index contributed by atoms with van der Waals surface area (Å²) in [4.78, 5) is 16.8. The van der Waals surface area contributed by atoms with E-state index in [0.29, 0.717) is 40.6 Å². The minimum absolute atomic E-state index is 0.0134. The van der Waals surface area contributed by atoms with E-state index in [1.807, 2.05) is 29.4 Å². The van der Waals surface area contributed by atoms with E-state index in [1.165, 1.54) is 12.3 Å². The Morgan fingerprint density at radius 2 is 1.98 bits per heavy atom. The minimum atomic E-state index is -4.69. The zero-order valence-corrected chi connectivity index (χ0v) is 23.0. The van der Waals surface area contributed by atoms with Gasteiger partial charge in [0.2, 0.25) is 11.7 Å². The predicted molar refractivity (Wildman–Crippen MR) is 142 cm³/mol. The fraction of sp³-hybridized carbons (Fsp3) is 0.357. The molecule has 1 N–H and O–H groups in total. The lowest BCUT2D eigenvalue weighted by molar-refractivity contribution is -0.145. The Balaban J connectivity index is 1.38. The van der Waals surface area contributed by atoms with E-state index in [4.69, 9.17) is 4.74 Å². The third kappa shape index (κ3) is 5.08. The molecule has 9 nitrogen and oxygen atoms in total. The Hall–Kier alpha value is -3.84. The fourth-order valence-corrected chi connectivity index (χ4v) is 6.70. The van der Waals surface area contributed by atoms with Crippen molar-refractivity contribution in [3.8, 4) is 5.88 Å². The average Bonchev–Trinajstić information content (AvgIpc) is 3.53. The van der Waals surface area contributed by atoms with Crippen LogP contribution >= 0.6 is 0 Å². The summed E-state index contributed by atoms with van der Waals surface area (Å²) < 4.78 is 62.7. The van der Waals surface area contributed by atoms with Crippen molar-refractivity contribution in [2.24, 2.45) is 0 Å². The summed E-state index contributed by atoms with van der Waals surface area (Å²) in [5.74, 6) is -2.49. The highest BCUT2D eigenvalue weighted by Gasteiger charge is 2.50. The zero-order chi connectivity index (χ0) is 29.1. The second-order valence-electron chi connectivity index (χ2n) is 10.6. The number of alkyl halides is 3. The summed E-state index contributed by atoms with van der Waals surface area (Å²) in [5.41, 5.74) is 2.99. The summed E-state index contributed by atoms with van der Waals surface area (Å²) in [7, 11) is -1.53. The number of ether oxygens (including phenoxy) is 1. The number of fused-ring (bicyclic) bond motifs is 2. The SMILES string of the molecule is Cc1ccc([C@H](CC(=O)O)c2ccn3c(C(F)(F)F)nnc3c2C)cc1CN1CC2(CC2)Oc2ncccc2S1=O. The average molecular weight is 586 g/mol. The van der Waals surface area contributed by atoms with E-state index in [0.717, 1.165) is 28.4 Å². The van der Waals surface area contributed by atoms with E-state index in [2.05, 4.69) is 15.2 Å². The molecule has 2 atom stereocenters. The normalized spacial score (nSPS) is 19.0. The van der Waals surface area contributed by atoms with Gasteiger partial charge in [-0.25, -0.2) is 13.5 Å². The Morgan fingerprint density at radius 1 is 1.20 bits per heavy atom. The molecule has 3 aromatic heterocycles. The van der Waals surface area contributed by atoms with Gasteiger partial charge in [0, 0.05) is 24.9 Å². The molecule has 4 heterocycles. The van der Waals surface area contributed by atoms with Crippen molar-refractivity contribution in [2.75, 3.05) is 6.54 Å². The molecule has 1 spiro atoms. The van der Waals surface area contributed by atoms with Gasteiger partial charge in [0.15, 0.2) is 5.65 Å². The quantitative estimate of drug-likeness (QED) is 0.346. The maximum absolute atomic E-state index is 13.6. The molecule has 4 aromatic rings. The van der Waals surface area contributed by atoms with Crippen LogP contribution in [0.1, 0.15) is 58.8 Å². The maximum Gasteiger partial charge on any atom is 0.452 e. The third-order valence-electron chi connectivity index (χ3n) is 7.74. The van der Waals surface area contributed by atoms with Crippen molar-refractivity contribution in [3.05, 3.63) is 82.4 Å². The lowest BCUT2D eigenvalue weighted by atomic mass is 9.85. The first-order valence-electron chi connectivity index (χ1n) is 13.0. The van der Waals surface area contributed by atoms with Crippen LogP contribution in [0.15, 0.2) is 53.7 Å². The van der Waals surface area contributed by atoms with Gasteiger partial charge in [-0.3, -0.25) is 9.20 Å². The smallest absolute Gasteiger partial charge is 0.452 e. The van der Waals surface area contributed by atoms with Gasteiger partial charge in [-0.1, -0.05) is 18.2 Å². The Kier molecular flexibility index (Phi) is 6.61. The first kappa shape index (κ1) is 27.3. The van der Waals surface area contributed by atoms with Gasteiger partial charge < -0.3 is 9.84 Å². The number of halogens is 3. The Morgan fingerprint density at radius 3 is 2.68 bits per heavy atom. The van der Waals surface area contributed by atoms with Crippen LogP contribution in [0.5, 0.6) is 5.88 Å². The number of pyridine rings is 2. The van der Waals surface area contributed by atoms with Gasteiger partial charge in [0.1, 0.15) is 21.5 Å². The van der Waals surface area contributed by atoms with Gasteiger partial charge >= 0.3 is 12.1 Å². The number of aromatic nitrogens is 4.